The quantitative estimate of drug-likeness (QED) is 0.856. The summed E-state index contributed by atoms with van der Waals surface area (Å²) in [6, 6.07) is 11.0. The van der Waals surface area contributed by atoms with Crippen LogP contribution in [0.25, 0.3) is 0 Å². The summed E-state index contributed by atoms with van der Waals surface area (Å²) < 4.78 is 0. The molecule has 1 aromatic heterocycles. The first-order valence-electron chi connectivity index (χ1n) is 7.13. The number of thioether (sulfide) groups is 1. The predicted octanol–water partition coefficient (Wildman–Crippen LogP) is 3.23. The topological polar surface area (TPSA) is 37.8 Å². The molecule has 0 fully saturated rings. The van der Waals surface area contributed by atoms with E-state index in [1.165, 1.54) is 11.1 Å². The average Bonchev–Trinajstić information content (AvgIpc) is 2.83. The molecule has 0 amide bonds. The van der Waals surface area contributed by atoms with Crippen molar-refractivity contribution in [2.75, 3.05) is 6.54 Å². The van der Waals surface area contributed by atoms with Crippen molar-refractivity contribution in [1.82, 2.24) is 15.3 Å². The number of hydrogen-bond donors (Lipinski definition) is 1. The van der Waals surface area contributed by atoms with Gasteiger partial charge in [0.25, 0.3) is 0 Å². The number of nitrogens with zero attached hydrogens (tertiary/aromatic N) is 2. The Balaban J connectivity index is 1.80. The Kier molecular flexibility index (Phi) is 4.33. The summed E-state index contributed by atoms with van der Waals surface area (Å²) in [6.45, 7) is 3.25. The van der Waals surface area contributed by atoms with Gasteiger partial charge in [-0.05, 0) is 36.6 Å². The highest BCUT2D eigenvalue weighted by Gasteiger charge is 2.32. The van der Waals surface area contributed by atoms with Crippen molar-refractivity contribution in [1.29, 1.82) is 0 Å². The lowest BCUT2D eigenvalue weighted by Crippen LogP contribution is -2.27. The number of nitrogens with one attached hydrogen (secondary N) is 1. The molecule has 0 saturated heterocycles. The van der Waals surface area contributed by atoms with Crippen molar-refractivity contribution >= 4 is 11.8 Å². The largest absolute Gasteiger partial charge is 0.309 e. The third-order valence-corrected chi connectivity index (χ3v) is 4.76. The van der Waals surface area contributed by atoms with Crippen LogP contribution in [0.2, 0.25) is 0 Å². The molecule has 1 aromatic carbocycles. The van der Waals surface area contributed by atoms with E-state index in [-0.39, 0.29) is 0 Å². The molecule has 0 saturated carbocycles. The molecule has 104 valence electrons. The first-order valence-corrected chi connectivity index (χ1v) is 8.01. The molecule has 20 heavy (non-hydrogen) atoms. The van der Waals surface area contributed by atoms with Gasteiger partial charge < -0.3 is 5.32 Å². The SMILES string of the molecule is CCCNC1c2ccccc2CC1Sc1ncccn1. The number of aromatic nitrogens is 2. The molecule has 0 aliphatic heterocycles. The Morgan fingerprint density at radius 2 is 2.00 bits per heavy atom. The monoisotopic (exact) mass is 285 g/mol. The molecule has 1 aliphatic rings. The van der Waals surface area contributed by atoms with Crippen molar-refractivity contribution in [3.05, 3.63) is 53.9 Å². The minimum atomic E-state index is 0.403. The summed E-state index contributed by atoms with van der Waals surface area (Å²) in [7, 11) is 0. The van der Waals surface area contributed by atoms with E-state index in [0.717, 1.165) is 24.5 Å². The normalized spacial score (nSPS) is 20.9. The van der Waals surface area contributed by atoms with Gasteiger partial charge in [-0.25, -0.2) is 9.97 Å². The molecule has 3 rings (SSSR count). The molecule has 2 aromatic rings. The highest BCUT2D eigenvalue weighted by atomic mass is 32.2. The lowest BCUT2D eigenvalue weighted by atomic mass is 10.1. The minimum Gasteiger partial charge on any atom is -0.309 e. The van der Waals surface area contributed by atoms with Crippen LogP contribution in [-0.2, 0) is 6.42 Å². The lowest BCUT2D eigenvalue weighted by Gasteiger charge is -2.20. The maximum atomic E-state index is 4.34. The Bertz CT molecular complexity index is 559. The van der Waals surface area contributed by atoms with Gasteiger partial charge in [-0.2, -0.15) is 0 Å². The van der Waals surface area contributed by atoms with Crippen LogP contribution >= 0.6 is 11.8 Å². The van der Waals surface area contributed by atoms with E-state index < -0.39 is 0 Å². The van der Waals surface area contributed by atoms with Crippen LogP contribution in [0.3, 0.4) is 0 Å². The fourth-order valence-corrected chi connectivity index (χ4v) is 3.85. The number of fused-ring (bicyclic) bond motifs is 1. The average molecular weight is 285 g/mol. The van der Waals surface area contributed by atoms with Crippen molar-refractivity contribution in [2.24, 2.45) is 0 Å². The van der Waals surface area contributed by atoms with E-state index in [2.05, 4.69) is 46.5 Å². The minimum absolute atomic E-state index is 0.403. The maximum absolute atomic E-state index is 4.34. The zero-order valence-corrected chi connectivity index (χ0v) is 12.4. The summed E-state index contributed by atoms with van der Waals surface area (Å²) in [5.74, 6) is 0. The number of hydrogen-bond acceptors (Lipinski definition) is 4. The highest BCUT2D eigenvalue weighted by Crippen LogP contribution is 2.40. The second-order valence-corrected chi connectivity index (χ2v) is 6.23. The van der Waals surface area contributed by atoms with Gasteiger partial charge in [0.1, 0.15) is 0 Å². The third kappa shape index (κ3) is 2.86. The van der Waals surface area contributed by atoms with Crippen LogP contribution in [0.1, 0.15) is 30.5 Å². The van der Waals surface area contributed by atoms with E-state index in [1.807, 2.05) is 18.5 Å². The van der Waals surface area contributed by atoms with Crippen LogP contribution < -0.4 is 5.32 Å². The van der Waals surface area contributed by atoms with E-state index >= 15 is 0 Å². The Morgan fingerprint density at radius 3 is 2.80 bits per heavy atom. The molecule has 1 aliphatic carbocycles. The maximum Gasteiger partial charge on any atom is 0.187 e. The van der Waals surface area contributed by atoms with Crippen molar-refractivity contribution in [3.63, 3.8) is 0 Å². The molecule has 0 bridgehead atoms. The third-order valence-electron chi connectivity index (χ3n) is 3.60. The van der Waals surface area contributed by atoms with Gasteiger partial charge in [0.2, 0.25) is 0 Å². The summed E-state index contributed by atoms with van der Waals surface area (Å²) >= 11 is 1.78. The standard InChI is InChI=1S/C16H19N3S/c1-2-8-17-15-13-7-4-3-6-12(13)11-14(15)20-16-18-9-5-10-19-16/h3-7,9-10,14-15,17H,2,8,11H2,1H3. The summed E-state index contributed by atoms with van der Waals surface area (Å²) in [4.78, 5) is 8.69. The fourth-order valence-electron chi connectivity index (χ4n) is 2.69. The van der Waals surface area contributed by atoms with E-state index in [4.69, 9.17) is 0 Å². The Morgan fingerprint density at radius 1 is 1.20 bits per heavy atom. The van der Waals surface area contributed by atoms with Crippen molar-refractivity contribution < 1.29 is 0 Å². The number of benzene rings is 1. The Hall–Kier alpha value is -1.39. The van der Waals surface area contributed by atoms with E-state index in [9.17, 15) is 0 Å². The number of rotatable bonds is 5. The van der Waals surface area contributed by atoms with Gasteiger partial charge in [0.15, 0.2) is 5.16 Å². The van der Waals surface area contributed by atoms with Gasteiger partial charge in [0, 0.05) is 23.7 Å². The molecule has 2 unspecified atom stereocenters. The van der Waals surface area contributed by atoms with Crippen LogP contribution in [-0.4, -0.2) is 21.8 Å². The van der Waals surface area contributed by atoms with Gasteiger partial charge in [-0.3, -0.25) is 0 Å². The van der Waals surface area contributed by atoms with Crippen molar-refractivity contribution in [3.8, 4) is 0 Å². The molecule has 2 atom stereocenters. The van der Waals surface area contributed by atoms with E-state index in [1.54, 1.807) is 11.8 Å². The van der Waals surface area contributed by atoms with Gasteiger partial charge in [-0.1, -0.05) is 43.0 Å². The van der Waals surface area contributed by atoms with Gasteiger partial charge in [0.05, 0.1) is 0 Å². The molecular formula is C16H19N3S. The highest BCUT2D eigenvalue weighted by molar-refractivity contribution is 7.99. The molecule has 1 heterocycles. The van der Waals surface area contributed by atoms with Crippen LogP contribution in [0.4, 0.5) is 0 Å². The Labute approximate surface area is 124 Å². The first-order chi connectivity index (χ1) is 9.88. The van der Waals surface area contributed by atoms with Gasteiger partial charge in [-0.15, -0.1) is 0 Å². The lowest BCUT2D eigenvalue weighted by molar-refractivity contribution is 0.538. The van der Waals surface area contributed by atoms with Crippen molar-refractivity contribution in [2.45, 2.75) is 36.2 Å². The second kappa shape index (κ2) is 6.37. The fraction of sp³-hybridized carbons (Fsp3) is 0.375. The zero-order chi connectivity index (χ0) is 13.8. The smallest absolute Gasteiger partial charge is 0.187 e. The first kappa shape index (κ1) is 13.6. The van der Waals surface area contributed by atoms with Gasteiger partial charge >= 0.3 is 0 Å². The predicted molar refractivity (Wildman–Crippen MR) is 82.9 cm³/mol. The van der Waals surface area contributed by atoms with E-state index in [0.29, 0.717) is 11.3 Å². The molecule has 0 radical (unpaired) electrons. The summed E-state index contributed by atoms with van der Waals surface area (Å²) in [5, 5.41) is 5.02. The second-order valence-electron chi connectivity index (χ2n) is 5.02. The summed E-state index contributed by atoms with van der Waals surface area (Å²) in [5.41, 5.74) is 2.89. The molecular weight excluding hydrogens is 266 g/mol. The van der Waals surface area contributed by atoms with Crippen LogP contribution in [0, 0.1) is 0 Å². The van der Waals surface area contributed by atoms with Crippen LogP contribution in [0.5, 0.6) is 0 Å². The zero-order valence-electron chi connectivity index (χ0n) is 11.6. The molecule has 4 heteroatoms. The molecule has 1 N–H and O–H groups in total. The molecule has 3 nitrogen and oxygen atoms in total. The van der Waals surface area contributed by atoms with Crippen LogP contribution in [0.15, 0.2) is 47.9 Å². The summed E-state index contributed by atoms with van der Waals surface area (Å²) in [6.07, 6.45) is 5.86. The molecule has 0 spiro atoms.